The summed E-state index contributed by atoms with van der Waals surface area (Å²) in [5.41, 5.74) is 3.98. The van der Waals surface area contributed by atoms with Crippen molar-refractivity contribution in [3.8, 4) is 0 Å². The van der Waals surface area contributed by atoms with Gasteiger partial charge in [-0.3, -0.25) is 19.8 Å². The van der Waals surface area contributed by atoms with E-state index in [1.165, 1.54) is 11.3 Å². The average molecular weight is 375 g/mol. The number of hydrogen-bond acceptors (Lipinski definition) is 4. The van der Waals surface area contributed by atoms with Gasteiger partial charge in [0.1, 0.15) is 5.57 Å². The van der Waals surface area contributed by atoms with Crippen molar-refractivity contribution in [3.63, 3.8) is 0 Å². The molecule has 0 spiro atoms. The van der Waals surface area contributed by atoms with Crippen molar-refractivity contribution in [3.05, 3.63) is 70.8 Å². The van der Waals surface area contributed by atoms with Gasteiger partial charge in [-0.2, -0.15) is 0 Å². The van der Waals surface area contributed by atoms with Gasteiger partial charge in [-0.15, -0.1) is 0 Å². The molecule has 6 heteroatoms. The summed E-state index contributed by atoms with van der Waals surface area (Å²) in [4.78, 5) is 40.7. The monoisotopic (exact) mass is 375 g/mol. The smallest absolute Gasteiger partial charge is 0.331 e. The van der Waals surface area contributed by atoms with Gasteiger partial charge < -0.3 is 4.90 Å². The Kier molecular flexibility index (Phi) is 4.69. The highest BCUT2D eigenvalue weighted by Crippen LogP contribution is 2.29. The number of urea groups is 1. The highest BCUT2D eigenvalue weighted by atomic mass is 16.2. The SMILES string of the molecule is CCN1CCc2cc(C=C3C(=O)NC(=O)N(Cc4ccccc4)C3=O)ccc21. The molecule has 28 heavy (non-hydrogen) atoms. The van der Waals surface area contributed by atoms with Crippen LogP contribution in [-0.4, -0.2) is 35.8 Å². The Morgan fingerprint density at radius 3 is 2.61 bits per heavy atom. The van der Waals surface area contributed by atoms with E-state index in [1.54, 1.807) is 6.08 Å². The summed E-state index contributed by atoms with van der Waals surface area (Å²) in [5.74, 6) is -1.23. The molecular formula is C22H21N3O3. The van der Waals surface area contributed by atoms with Crippen LogP contribution < -0.4 is 10.2 Å². The molecule has 0 aliphatic carbocycles. The van der Waals surface area contributed by atoms with E-state index >= 15 is 0 Å². The van der Waals surface area contributed by atoms with Crippen molar-refractivity contribution in [1.29, 1.82) is 0 Å². The maximum absolute atomic E-state index is 12.9. The topological polar surface area (TPSA) is 69.7 Å². The lowest BCUT2D eigenvalue weighted by Gasteiger charge is -2.26. The molecule has 1 N–H and O–H groups in total. The molecule has 1 saturated heterocycles. The zero-order valence-electron chi connectivity index (χ0n) is 15.6. The zero-order chi connectivity index (χ0) is 19.7. The minimum atomic E-state index is -0.691. The van der Waals surface area contributed by atoms with Crippen molar-refractivity contribution in [2.24, 2.45) is 0 Å². The van der Waals surface area contributed by atoms with E-state index < -0.39 is 17.8 Å². The molecule has 1 fully saturated rings. The maximum atomic E-state index is 12.9. The fraction of sp³-hybridized carbons (Fsp3) is 0.227. The molecule has 0 bridgehead atoms. The Morgan fingerprint density at radius 2 is 1.86 bits per heavy atom. The quantitative estimate of drug-likeness (QED) is 0.659. The first-order valence-electron chi connectivity index (χ1n) is 9.37. The number of likely N-dealkylation sites (N-methyl/N-ethyl adjacent to an activating group) is 1. The molecule has 4 rings (SSSR count). The number of fused-ring (bicyclic) bond motifs is 1. The normalized spacial score (nSPS) is 17.9. The van der Waals surface area contributed by atoms with E-state index in [-0.39, 0.29) is 12.1 Å². The van der Waals surface area contributed by atoms with Gasteiger partial charge in [-0.05, 0) is 48.2 Å². The number of anilines is 1. The van der Waals surface area contributed by atoms with Crippen LogP contribution in [-0.2, 0) is 22.6 Å². The van der Waals surface area contributed by atoms with Crippen LogP contribution in [0.25, 0.3) is 6.08 Å². The van der Waals surface area contributed by atoms with Gasteiger partial charge in [0.25, 0.3) is 11.8 Å². The maximum Gasteiger partial charge on any atom is 0.331 e. The van der Waals surface area contributed by atoms with Gasteiger partial charge in [0, 0.05) is 18.8 Å². The Hall–Kier alpha value is -3.41. The summed E-state index contributed by atoms with van der Waals surface area (Å²) in [6.45, 7) is 4.16. The molecule has 2 heterocycles. The summed E-state index contributed by atoms with van der Waals surface area (Å²) in [5, 5.41) is 2.27. The number of imide groups is 2. The first-order chi connectivity index (χ1) is 13.6. The number of amides is 4. The van der Waals surface area contributed by atoms with E-state index in [2.05, 4.69) is 17.1 Å². The fourth-order valence-corrected chi connectivity index (χ4v) is 3.68. The predicted octanol–water partition coefficient (Wildman–Crippen LogP) is 2.73. The summed E-state index contributed by atoms with van der Waals surface area (Å²) < 4.78 is 0. The number of nitrogens with one attached hydrogen (secondary N) is 1. The van der Waals surface area contributed by atoms with Gasteiger partial charge >= 0.3 is 6.03 Å². The summed E-state index contributed by atoms with van der Waals surface area (Å²) in [6, 6.07) is 14.5. The number of benzene rings is 2. The van der Waals surface area contributed by atoms with Crippen LogP contribution in [0.3, 0.4) is 0 Å². The summed E-state index contributed by atoms with van der Waals surface area (Å²) >= 11 is 0. The van der Waals surface area contributed by atoms with Crippen molar-refractivity contribution in [2.75, 3.05) is 18.0 Å². The molecular weight excluding hydrogens is 354 g/mol. The van der Waals surface area contributed by atoms with Crippen molar-refractivity contribution in [2.45, 2.75) is 19.9 Å². The van der Waals surface area contributed by atoms with Crippen LogP contribution in [0.1, 0.15) is 23.6 Å². The van der Waals surface area contributed by atoms with Crippen molar-refractivity contribution >= 4 is 29.6 Å². The molecule has 2 aliphatic heterocycles. The molecule has 142 valence electrons. The molecule has 0 aromatic heterocycles. The van der Waals surface area contributed by atoms with Gasteiger partial charge in [0.15, 0.2) is 0 Å². The highest BCUT2D eigenvalue weighted by Gasteiger charge is 2.35. The third-order valence-corrected chi connectivity index (χ3v) is 5.16. The second kappa shape index (κ2) is 7.31. The van der Waals surface area contributed by atoms with Crippen LogP contribution in [0, 0.1) is 0 Å². The molecule has 0 radical (unpaired) electrons. The van der Waals surface area contributed by atoms with Crippen LogP contribution >= 0.6 is 0 Å². The second-order valence-electron chi connectivity index (χ2n) is 6.91. The Bertz CT molecular complexity index is 982. The molecule has 0 atom stereocenters. The fourth-order valence-electron chi connectivity index (χ4n) is 3.68. The summed E-state index contributed by atoms with van der Waals surface area (Å²) in [7, 11) is 0. The zero-order valence-corrected chi connectivity index (χ0v) is 15.6. The van der Waals surface area contributed by atoms with Crippen LogP contribution in [0.2, 0.25) is 0 Å². The largest absolute Gasteiger partial charge is 0.371 e. The minimum absolute atomic E-state index is 0.0270. The van der Waals surface area contributed by atoms with Crippen molar-refractivity contribution in [1.82, 2.24) is 10.2 Å². The van der Waals surface area contributed by atoms with Gasteiger partial charge in [0.05, 0.1) is 6.54 Å². The minimum Gasteiger partial charge on any atom is -0.371 e. The number of rotatable bonds is 4. The summed E-state index contributed by atoms with van der Waals surface area (Å²) in [6.07, 6.45) is 2.51. The van der Waals surface area contributed by atoms with Crippen molar-refractivity contribution < 1.29 is 14.4 Å². The standard InChI is InChI=1S/C22H21N3O3/c1-2-24-11-10-17-12-16(8-9-19(17)24)13-18-20(26)23-22(28)25(21(18)27)14-15-6-4-3-5-7-15/h3-9,12-13H,2,10-11,14H2,1H3,(H,23,26,28). The van der Waals surface area contributed by atoms with Crippen LogP contribution in [0.5, 0.6) is 0 Å². The third-order valence-electron chi connectivity index (χ3n) is 5.16. The van der Waals surface area contributed by atoms with Gasteiger partial charge in [-0.25, -0.2) is 4.79 Å². The number of barbiturate groups is 1. The van der Waals surface area contributed by atoms with E-state index in [1.807, 2.05) is 48.5 Å². The molecule has 2 aliphatic rings. The molecule has 2 aromatic carbocycles. The Labute approximate surface area is 163 Å². The van der Waals surface area contributed by atoms with E-state index in [0.717, 1.165) is 35.5 Å². The number of carbonyl (C=O) groups is 3. The highest BCUT2D eigenvalue weighted by molar-refractivity contribution is 6.30. The number of nitrogens with zero attached hydrogens (tertiary/aromatic N) is 2. The molecule has 6 nitrogen and oxygen atoms in total. The van der Waals surface area contributed by atoms with Gasteiger partial charge in [-0.1, -0.05) is 36.4 Å². The molecule has 0 unspecified atom stereocenters. The van der Waals surface area contributed by atoms with E-state index in [4.69, 9.17) is 0 Å². The molecule has 0 saturated carbocycles. The van der Waals surface area contributed by atoms with Crippen LogP contribution in [0.15, 0.2) is 54.1 Å². The lowest BCUT2D eigenvalue weighted by atomic mass is 10.0. The number of carbonyl (C=O) groups excluding carboxylic acids is 3. The van der Waals surface area contributed by atoms with Gasteiger partial charge in [0.2, 0.25) is 0 Å². The Balaban J connectivity index is 1.62. The molecule has 2 aromatic rings. The number of hydrogen-bond donors (Lipinski definition) is 1. The second-order valence-corrected chi connectivity index (χ2v) is 6.91. The van der Waals surface area contributed by atoms with E-state index in [0.29, 0.717) is 0 Å². The average Bonchev–Trinajstić information content (AvgIpc) is 3.11. The third kappa shape index (κ3) is 3.29. The van der Waals surface area contributed by atoms with E-state index in [9.17, 15) is 14.4 Å². The molecule has 4 amide bonds. The van der Waals surface area contributed by atoms with Crippen LogP contribution in [0.4, 0.5) is 10.5 Å². The predicted molar refractivity (Wildman–Crippen MR) is 107 cm³/mol. The first-order valence-corrected chi connectivity index (χ1v) is 9.37. The lowest BCUT2D eigenvalue weighted by Crippen LogP contribution is -2.53. The first kappa shape index (κ1) is 18.0. The Morgan fingerprint density at radius 1 is 1.07 bits per heavy atom. The lowest BCUT2D eigenvalue weighted by molar-refractivity contribution is -0.130.